The van der Waals surface area contributed by atoms with Crippen molar-refractivity contribution in [2.45, 2.75) is 63.5 Å². The number of β-lactam (4-membered cyclic amide) rings is 1. The molecular weight excluding hydrogens is 386 g/mol. The summed E-state index contributed by atoms with van der Waals surface area (Å²) >= 11 is 0. The van der Waals surface area contributed by atoms with E-state index in [9.17, 15) is 9.59 Å². The molecule has 1 aliphatic carbocycles. The minimum Gasteiger partial charge on any atom is -0.342 e. The standard InChI is InChI=1S/C26H31N3O2/c30-23(18-20-8-7-15-27-19-20)28-16-11-22(12-17-28)29-24(21-9-3-1-4-10-21)26(25(29)31)13-5-2-6-14-26/h1,3-4,7-10,15,19,22,24H,2,5-6,11-14,16-18H2. The minimum atomic E-state index is -0.188. The fraction of sp³-hybridized carbons (Fsp3) is 0.500. The van der Waals surface area contributed by atoms with Crippen LogP contribution in [0.3, 0.4) is 0 Å². The minimum absolute atomic E-state index is 0.157. The largest absolute Gasteiger partial charge is 0.342 e. The third-order valence-corrected chi connectivity index (χ3v) is 7.61. The summed E-state index contributed by atoms with van der Waals surface area (Å²) in [5.74, 6) is 0.519. The second kappa shape index (κ2) is 8.45. The van der Waals surface area contributed by atoms with Gasteiger partial charge in [0.25, 0.3) is 0 Å². The molecule has 0 radical (unpaired) electrons. The lowest BCUT2D eigenvalue weighted by atomic mass is 9.59. The number of piperidine rings is 1. The van der Waals surface area contributed by atoms with Gasteiger partial charge in [-0.05, 0) is 42.9 Å². The topological polar surface area (TPSA) is 53.5 Å². The third-order valence-electron chi connectivity index (χ3n) is 7.61. The van der Waals surface area contributed by atoms with Crippen molar-refractivity contribution in [2.75, 3.05) is 13.1 Å². The first kappa shape index (κ1) is 20.2. The Balaban J connectivity index is 1.28. The summed E-state index contributed by atoms with van der Waals surface area (Å²) < 4.78 is 0. The summed E-state index contributed by atoms with van der Waals surface area (Å²) in [5, 5.41) is 0. The zero-order valence-electron chi connectivity index (χ0n) is 18.1. The molecule has 2 aromatic rings. The molecular formula is C26H31N3O2. The summed E-state index contributed by atoms with van der Waals surface area (Å²) in [5.41, 5.74) is 2.04. The SMILES string of the molecule is O=C(Cc1cccnc1)N1CCC(N2C(=O)C3(CCCCC3)C2c2ccccc2)CC1. The highest BCUT2D eigenvalue weighted by Crippen LogP contribution is 2.59. The van der Waals surface area contributed by atoms with Gasteiger partial charge in [0.2, 0.25) is 11.8 Å². The molecule has 0 N–H and O–H groups in total. The number of carbonyl (C=O) groups excluding carboxylic acids is 2. The zero-order chi connectivity index (χ0) is 21.3. The summed E-state index contributed by atoms with van der Waals surface area (Å²) in [6.07, 6.45) is 11.2. The summed E-state index contributed by atoms with van der Waals surface area (Å²) in [6, 6.07) is 14.9. The molecule has 5 rings (SSSR count). The van der Waals surface area contributed by atoms with Crippen LogP contribution in [0.15, 0.2) is 54.9 Å². The lowest BCUT2D eigenvalue weighted by molar-refractivity contribution is -0.186. The molecule has 2 saturated heterocycles. The van der Waals surface area contributed by atoms with Crippen molar-refractivity contribution in [3.05, 3.63) is 66.0 Å². The molecule has 2 aliphatic heterocycles. The molecule has 1 saturated carbocycles. The zero-order valence-corrected chi connectivity index (χ0v) is 18.1. The van der Waals surface area contributed by atoms with Crippen LogP contribution in [0.1, 0.15) is 62.1 Å². The van der Waals surface area contributed by atoms with E-state index in [1.807, 2.05) is 23.1 Å². The van der Waals surface area contributed by atoms with Gasteiger partial charge in [-0.25, -0.2) is 0 Å². The van der Waals surface area contributed by atoms with Crippen LogP contribution in [0.25, 0.3) is 0 Å². The molecule has 3 fully saturated rings. The van der Waals surface area contributed by atoms with E-state index in [4.69, 9.17) is 0 Å². The monoisotopic (exact) mass is 417 g/mol. The van der Waals surface area contributed by atoms with E-state index in [0.717, 1.165) is 57.2 Å². The molecule has 1 spiro atoms. The highest BCUT2D eigenvalue weighted by atomic mass is 16.2. The van der Waals surface area contributed by atoms with Crippen LogP contribution < -0.4 is 0 Å². The van der Waals surface area contributed by atoms with Crippen molar-refractivity contribution in [3.8, 4) is 0 Å². The van der Waals surface area contributed by atoms with Crippen molar-refractivity contribution < 1.29 is 9.59 Å². The molecule has 0 bridgehead atoms. The molecule has 162 valence electrons. The average Bonchev–Trinajstić information content (AvgIpc) is 2.84. The maximum Gasteiger partial charge on any atom is 0.232 e. The van der Waals surface area contributed by atoms with Gasteiger partial charge < -0.3 is 9.80 Å². The Bertz CT molecular complexity index is 916. The molecule has 1 aromatic carbocycles. The number of hydrogen-bond donors (Lipinski definition) is 0. The fourth-order valence-electron chi connectivity index (χ4n) is 6.04. The van der Waals surface area contributed by atoms with E-state index < -0.39 is 0 Å². The number of nitrogens with zero attached hydrogens (tertiary/aromatic N) is 3. The molecule has 3 aliphatic rings. The van der Waals surface area contributed by atoms with Gasteiger partial charge >= 0.3 is 0 Å². The fourth-order valence-corrected chi connectivity index (χ4v) is 6.04. The van der Waals surface area contributed by atoms with E-state index >= 15 is 0 Å². The van der Waals surface area contributed by atoms with Gasteiger partial charge in [0.1, 0.15) is 0 Å². The normalized spacial score (nSPS) is 23.6. The van der Waals surface area contributed by atoms with E-state index in [1.165, 1.54) is 12.0 Å². The van der Waals surface area contributed by atoms with Gasteiger partial charge in [0, 0.05) is 31.5 Å². The van der Waals surface area contributed by atoms with E-state index in [-0.39, 0.29) is 23.4 Å². The first-order valence-corrected chi connectivity index (χ1v) is 11.7. The quantitative estimate of drug-likeness (QED) is 0.703. The van der Waals surface area contributed by atoms with Crippen LogP contribution in [0, 0.1) is 5.41 Å². The molecule has 5 nitrogen and oxygen atoms in total. The van der Waals surface area contributed by atoms with Gasteiger partial charge in [0.15, 0.2) is 0 Å². The Hall–Kier alpha value is -2.69. The lowest BCUT2D eigenvalue weighted by Gasteiger charge is -2.61. The molecule has 31 heavy (non-hydrogen) atoms. The highest BCUT2D eigenvalue weighted by Gasteiger charge is 2.62. The number of pyridine rings is 1. The van der Waals surface area contributed by atoms with Gasteiger partial charge in [0.05, 0.1) is 17.9 Å². The summed E-state index contributed by atoms with van der Waals surface area (Å²) in [4.78, 5) is 34.5. The molecule has 1 unspecified atom stereocenters. The highest BCUT2D eigenvalue weighted by molar-refractivity contribution is 5.91. The number of benzene rings is 1. The first-order valence-electron chi connectivity index (χ1n) is 11.7. The molecule has 1 aromatic heterocycles. The number of carbonyl (C=O) groups is 2. The predicted molar refractivity (Wildman–Crippen MR) is 119 cm³/mol. The maximum atomic E-state index is 13.5. The van der Waals surface area contributed by atoms with E-state index in [1.54, 1.807) is 12.4 Å². The second-order valence-corrected chi connectivity index (χ2v) is 9.39. The summed E-state index contributed by atoms with van der Waals surface area (Å²) in [7, 11) is 0. The predicted octanol–water partition coefficient (Wildman–Crippen LogP) is 4.15. The van der Waals surface area contributed by atoms with Crippen LogP contribution >= 0.6 is 0 Å². The Morgan fingerprint density at radius 3 is 2.42 bits per heavy atom. The maximum absolute atomic E-state index is 13.5. The van der Waals surface area contributed by atoms with Crippen molar-refractivity contribution in [1.29, 1.82) is 0 Å². The Morgan fingerprint density at radius 1 is 1.00 bits per heavy atom. The van der Waals surface area contributed by atoms with Crippen molar-refractivity contribution in [1.82, 2.24) is 14.8 Å². The van der Waals surface area contributed by atoms with Crippen LogP contribution in [-0.4, -0.2) is 45.7 Å². The number of hydrogen-bond acceptors (Lipinski definition) is 3. The van der Waals surface area contributed by atoms with Gasteiger partial charge in [-0.2, -0.15) is 0 Å². The van der Waals surface area contributed by atoms with Crippen LogP contribution in [0.5, 0.6) is 0 Å². The van der Waals surface area contributed by atoms with Gasteiger partial charge in [-0.15, -0.1) is 0 Å². The summed E-state index contributed by atoms with van der Waals surface area (Å²) in [6.45, 7) is 1.45. The van der Waals surface area contributed by atoms with Crippen LogP contribution in [0.4, 0.5) is 0 Å². The molecule has 3 heterocycles. The van der Waals surface area contributed by atoms with Crippen molar-refractivity contribution >= 4 is 11.8 Å². The first-order chi connectivity index (χ1) is 15.2. The number of amides is 2. The van der Waals surface area contributed by atoms with E-state index in [2.05, 4.69) is 34.1 Å². The molecule has 2 amide bonds. The van der Waals surface area contributed by atoms with Crippen LogP contribution in [0.2, 0.25) is 0 Å². The van der Waals surface area contributed by atoms with Crippen LogP contribution in [-0.2, 0) is 16.0 Å². The average molecular weight is 418 g/mol. The molecule has 5 heteroatoms. The Labute approximate surface area is 184 Å². The van der Waals surface area contributed by atoms with Crippen molar-refractivity contribution in [3.63, 3.8) is 0 Å². The number of aromatic nitrogens is 1. The lowest BCUT2D eigenvalue weighted by Crippen LogP contribution is -2.67. The third kappa shape index (κ3) is 3.64. The van der Waals surface area contributed by atoms with E-state index in [0.29, 0.717) is 12.3 Å². The van der Waals surface area contributed by atoms with Gasteiger partial charge in [-0.3, -0.25) is 14.6 Å². The van der Waals surface area contributed by atoms with Crippen molar-refractivity contribution in [2.24, 2.45) is 5.41 Å². The number of rotatable bonds is 4. The van der Waals surface area contributed by atoms with Gasteiger partial charge in [-0.1, -0.05) is 55.7 Å². The second-order valence-electron chi connectivity index (χ2n) is 9.39. The number of likely N-dealkylation sites (tertiary alicyclic amines) is 2. The Morgan fingerprint density at radius 2 is 1.74 bits per heavy atom. The molecule has 1 atom stereocenters. The smallest absolute Gasteiger partial charge is 0.232 e. The Kier molecular flexibility index (Phi) is 5.51.